The SMILES string of the molecule is CC1=COC=C(C=Cc2ccc(N(C)C)cc2)C1=C(C#N)C#N. The van der Waals surface area contributed by atoms with Crippen molar-refractivity contribution in [3.05, 3.63) is 70.7 Å². The fraction of sp³-hybridized carbons (Fsp3) is 0.158. The summed E-state index contributed by atoms with van der Waals surface area (Å²) < 4.78 is 5.27. The Morgan fingerprint density at radius 1 is 1.04 bits per heavy atom. The van der Waals surface area contributed by atoms with E-state index in [0.29, 0.717) is 11.1 Å². The summed E-state index contributed by atoms with van der Waals surface area (Å²) in [5, 5.41) is 18.3. The van der Waals surface area contributed by atoms with Crippen molar-refractivity contribution in [1.29, 1.82) is 10.5 Å². The van der Waals surface area contributed by atoms with Crippen LogP contribution in [0.15, 0.2) is 65.2 Å². The Morgan fingerprint density at radius 2 is 1.70 bits per heavy atom. The summed E-state index contributed by atoms with van der Waals surface area (Å²) >= 11 is 0. The van der Waals surface area contributed by atoms with Crippen LogP contribution in [0.4, 0.5) is 5.69 Å². The van der Waals surface area contributed by atoms with Gasteiger partial charge in [0.1, 0.15) is 17.7 Å². The van der Waals surface area contributed by atoms with Crippen LogP contribution in [0.1, 0.15) is 12.5 Å². The minimum absolute atomic E-state index is 0.0842. The first-order valence-electron chi connectivity index (χ1n) is 7.10. The highest BCUT2D eigenvalue weighted by atomic mass is 16.5. The third-order valence-corrected chi connectivity index (χ3v) is 3.46. The van der Waals surface area contributed by atoms with Crippen molar-refractivity contribution in [3.8, 4) is 12.1 Å². The molecule has 1 aromatic carbocycles. The van der Waals surface area contributed by atoms with E-state index in [-0.39, 0.29) is 5.57 Å². The maximum absolute atomic E-state index is 9.13. The summed E-state index contributed by atoms with van der Waals surface area (Å²) in [6.07, 6.45) is 6.86. The molecule has 114 valence electrons. The van der Waals surface area contributed by atoms with Gasteiger partial charge in [0, 0.05) is 30.9 Å². The lowest BCUT2D eigenvalue weighted by atomic mass is 9.94. The molecule has 0 spiro atoms. The number of ether oxygens (including phenoxy) is 1. The molecule has 1 heterocycles. The third kappa shape index (κ3) is 3.70. The molecule has 0 unspecified atom stereocenters. The van der Waals surface area contributed by atoms with Crippen LogP contribution >= 0.6 is 0 Å². The fourth-order valence-corrected chi connectivity index (χ4v) is 2.23. The number of nitrogens with zero attached hydrogens (tertiary/aromatic N) is 3. The molecule has 1 aromatic rings. The van der Waals surface area contributed by atoms with Gasteiger partial charge >= 0.3 is 0 Å². The van der Waals surface area contributed by atoms with E-state index in [1.165, 1.54) is 6.26 Å². The Morgan fingerprint density at radius 3 is 2.26 bits per heavy atom. The number of rotatable bonds is 3. The topological polar surface area (TPSA) is 60.0 Å². The zero-order valence-electron chi connectivity index (χ0n) is 13.4. The van der Waals surface area contributed by atoms with Crippen molar-refractivity contribution in [2.45, 2.75) is 6.92 Å². The fourth-order valence-electron chi connectivity index (χ4n) is 2.23. The lowest BCUT2D eigenvalue weighted by molar-refractivity contribution is 0.390. The highest BCUT2D eigenvalue weighted by Gasteiger charge is 2.15. The number of benzene rings is 1. The van der Waals surface area contributed by atoms with E-state index < -0.39 is 0 Å². The van der Waals surface area contributed by atoms with Crippen LogP contribution in [-0.4, -0.2) is 14.1 Å². The van der Waals surface area contributed by atoms with Crippen LogP contribution in [0, 0.1) is 22.7 Å². The Bertz CT molecular complexity index is 779. The monoisotopic (exact) mass is 303 g/mol. The van der Waals surface area contributed by atoms with Gasteiger partial charge in [0.25, 0.3) is 0 Å². The molecule has 1 aliphatic heterocycles. The standard InChI is InChI=1S/C19H17N3O/c1-14-12-23-13-16(19(14)17(10-20)11-21)7-4-15-5-8-18(9-6-15)22(2)3/h4-9,12-13H,1-3H3. The summed E-state index contributed by atoms with van der Waals surface area (Å²) in [6.45, 7) is 1.82. The summed E-state index contributed by atoms with van der Waals surface area (Å²) in [7, 11) is 3.99. The van der Waals surface area contributed by atoms with E-state index in [1.807, 2.05) is 74.5 Å². The molecule has 0 amide bonds. The number of nitriles is 2. The van der Waals surface area contributed by atoms with Gasteiger partial charge in [-0.15, -0.1) is 0 Å². The van der Waals surface area contributed by atoms with Crippen LogP contribution in [0.3, 0.4) is 0 Å². The van der Waals surface area contributed by atoms with E-state index in [2.05, 4.69) is 0 Å². The second-order valence-electron chi connectivity index (χ2n) is 5.30. The summed E-state index contributed by atoms with van der Waals surface area (Å²) in [5.74, 6) is 0. The van der Waals surface area contributed by atoms with Crippen molar-refractivity contribution in [2.75, 3.05) is 19.0 Å². The number of allylic oxidation sites excluding steroid dienone is 5. The molecule has 2 rings (SSSR count). The molecule has 1 aliphatic rings. The summed E-state index contributed by atoms with van der Waals surface area (Å²) in [4.78, 5) is 2.03. The first-order valence-corrected chi connectivity index (χ1v) is 7.10. The lowest BCUT2D eigenvalue weighted by Crippen LogP contribution is -2.07. The zero-order valence-corrected chi connectivity index (χ0v) is 13.4. The second kappa shape index (κ2) is 7.15. The van der Waals surface area contributed by atoms with E-state index in [4.69, 9.17) is 15.3 Å². The van der Waals surface area contributed by atoms with Crippen LogP contribution in [-0.2, 0) is 4.74 Å². The molecule has 4 heteroatoms. The molecule has 23 heavy (non-hydrogen) atoms. The zero-order chi connectivity index (χ0) is 16.8. The van der Waals surface area contributed by atoms with Gasteiger partial charge in [0.05, 0.1) is 12.5 Å². The van der Waals surface area contributed by atoms with Crippen LogP contribution in [0.2, 0.25) is 0 Å². The molecule has 0 aliphatic carbocycles. The molecule has 0 saturated heterocycles. The van der Waals surface area contributed by atoms with Gasteiger partial charge in [0.15, 0.2) is 0 Å². The Balaban J connectivity index is 2.31. The molecule has 0 saturated carbocycles. The van der Waals surface area contributed by atoms with E-state index in [9.17, 15) is 0 Å². The Labute approximate surface area is 136 Å². The Kier molecular flexibility index (Phi) is 5.02. The molecule has 0 N–H and O–H groups in total. The summed E-state index contributed by atoms with van der Waals surface area (Å²) in [5.41, 5.74) is 4.31. The predicted molar refractivity (Wildman–Crippen MR) is 91.0 cm³/mol. The van der Waals surface area contributed by atoms with Gasteiger partial charge in [0.2, 0.25) is 0 Å². The summed E-state index contributed by atoms with van der Waals surface area (Å²) in [6, 6.07) is 12.0. The molecule has 0 bridgehead atoms. The molecule has 0 atom stereocenters. The minimum Gasteiger partial charge on any atom is -0.472 e. The maximum Gasteiger partial charge on any atom is 0.137 e. The number of hydrogen-bond donors (Lipinski definition) is 0. The lowest BCUT2D eigenvalue weighted by Gasteiger charge is -2.14. The average Bonchev–Trinajstić information content (AvgIpc) is 2.56. The van der Waals surface area contributed by atoms with Crippen LogP contribution < -0.4 is 4.90 Å². The first-order chi connectivity index (χ1) is 11.1. The van der Waals surface area contributed by atoms with Crippen molar-refractivity contribution in [1.82, 2.24) is 0 Å². The van der Waals surface area contributed by atoms with Crippen molar-refractivity contribution < 1.29 is 4.74 Å². The quantitative estimate of drug-likeness (QED) is 0.794. The average molecular weight is 303 g/mol. The van der Waals surface area contributed by atoms with Gasteiger partial charge in [-0.25, -0.2) is 0 Å². The number of hydrogen-bond acceptors (Lipinski definition) is 4. The van der Waals surface area contributed by atoms with Crippen LogP contribution in [0.5, 0.6) is 0 Å². The van der Waals surface area contributed by atoms with Gasteiger partial charge in [-0.3, -0.25) is 0 Å². The highest BCUT2D eigenvalue weighted by Crippen LogP contribution is 2.28. The Hall–Kier alpha value is -3.24. The van der Waals surface area contributed by atoms with Crippen LogP contribution in [0.25, 0.3) is 6.08 Å². The molecule has 0 aromatic heterocycles. The normalized spacial score (nSPS) is 13.5. The third-order valence-electron chi connectivity index (χ3n) is 3.46. The van der Waals surface area contributed by atoms with Gasteiger partial charge in [-0.2, -0.15) is 10.5 Å². The highest BCUT2D eigenvalue weighted by molar-refractivity contribution is 5.66. The van der Waals surface area contributed by atoms with Crippen molar-refractivity contribution in [2.24, 2.45) is 0 Å². The van der Waals surface area contributed by atoms with Gasteiger partial charge < -0.3 is 9.64 Å². The first kappa shape index (κ1) is 16.1. The van der Waals surface area contributed by atoms with E-state index in [1.54, 1.807) is 6.26 Å². The smallest absolute Gasteiger partial charge is 0.137 e. The maximum atomic E-state index is 9.13. The van der Waals surface area contributed by atoms with E-state index in [0.717, 1.165) is 16.8 Å². The molecule has 4 nitrogen and oxygen atoms in total. The largest absolute Gasteiger partial charge is 0.472 e. The number of anilines is 1. The molecule has 0 radical (unpaired) electrons. The van der Waals surface area contributed by atoms with Crippen molar-refractivity contribution >= 4 is 11.8 Å². The van der Waals surface area contributed by atoms with Gasteiger partial charge in [-0.1, -0.05) is 24.3 Å². The predicted octanol–water partition coefficient (Wildman–Crippen LogP) is 3.93. The second-order valence-corrected chi connectivity index (χ2v) is 5.30. The van der Waals surface area contributed by atoms with Gasteiger partial charge in [-0.05, 0) is 30.2 Å². The van der Waals surface area contributed by atoms with Crippen molar-refractivity contribution in [3.63, 3.8) is 0 Å². The molecule has 0 fully saturated rings. The van der Waals surface area contributed by atoms with E-state index >= 15 is 0 Å². The molecular weight excluding hydrogens is 286 g/mol. The minimum atomic E-state index is 0.0842. The molecular formula is C19H17N3O.